The maximum absolute atomic E-state index is 6.07. The normalized spacial score (nSPS) is 33.7. The molecular formula is C17H33NO3. The molecule has 0 bridgehead atoms. The molecule has 4 nitrogen and oxygen atoms in total. The van der Waals surface area contributed by atoms with E-state index in [1.54, 1.807) is 0 Å². The van der Waals surface area contributed by atoms with E-state index in [1.807, 2.05) is 7.11 Å². The van der Waals surface area contributed by atoms with Gasteiger partial charge in [0.25, 0.3) is 0 Å². The molecule has 0 aromatic heterocycles. The van der Waals surface area contributed by atoms with Crippen molar-refractivity contribution in [2.45, 2.75) is 76.8 Å². The van der Waals surface area contributed by atoms with Gasteiger partial charge in [0.1, 0.15) is 0 Å². The van der Waals surface area contributed by atoms with Gasteiger partial charge in [-0.1, -0.05) is 13.8 Å². The maximum atomic E-state index is 6.07. The Morgan fingerprint density at radius 1 is 1.10 bits per heavy atom. The smallest absolute Gasteiger partial charge is 0.0814 e. The van der Waals surface area contributed by atoms with Gasteiger partial charge in [-0.15, -0.1) is 0 Å². The Kier molecular flexibility index (Phi) is 7.44. The van der Waals surface area contributed by atoms with Crippen LogP contribution in [0.25, 0.3) is 0 Å². The van der Waals surface area contributed by atoms with Crippen LogP contribution in [-0.4, -0.2) is 51.2 Å². The van der Waals surface area contributed by atoms with Crippen LogP contribution >= 0.6 is 0 Å². The standard InChI is InChI=1S/C17H33NO3/c1-13(2)10-18-11-16-7-8-17(21-16)12-20-15-6-4-5-14(9-15)19-3/h13-18H,4-12H2,1-3H3. The van der Waals surface area contributed by atoms with Crippen molar-refractivity contribution >= 4 is 0 Å². The van der Waals surface area contributed by atoms with Crippen LogP contribution in [0.5, 0.6) is 0 Å². The monoisotopic (exact) mass is 299 g/mol. The van der Waals surface area contributed by atoms with Gasteiger partial charge < -0.3 is 19.5 Å². The van der Waals surface area contributed by atoms with Crippen molar-refractivity contribution < 1.29 is 14.2 Å². The highest BCUT2D eigenvalue weighted by Gasteiger charge is 2.27. The zero-order chi connectivity index (χ0) is 15.1. The van der Waals surface area contributed by atoms with Crippen LogP contribution in [0.2, 0.25) is 0 Å². The summed E-state index contributed by atoms with van der Waals surface area (Å²) in [5, 5.41) is 3.48. The molecule has 1 aliphatic carbocycles. The zero-order valence-corrected chi connectivity index (χ0v) is 14.0. The number of methoxy groups -OCH3 is 1. The van der Waals surface area contributed by atoms with E-state index < -0.39 is 0 Å². The molecule has 1 heterocycles. The number of rotatable bonds is 8. The van der Waals surface area contributed by atoms with Crippen LogP contribution in [0.4, 0.5) is 0 Å². The molecule has 1 N–H and O–H groups in total. The van der Waals surface area contributed by atoms with Crippen molar-refractivity contribution in [2.24, 2.45) is 5.92 Å². The van der Waals surface area contributed by atoms with Crippen molar-refractivity contribution in [1.29, 1.82) is 0 Å². The van der Waals surface area contributed by atoms with E-state index in [4.69, 9.17) is 14.2 Å². The first kappa shape index (κ1) is 17.2. The quantitative estimate of drug-likeness (QED) is 0.748. The third kappa shape index (κ3) is 6.23. The minimum Gasteiger partial charge on any atom is -0.381 e. The summed E-state index contributed by atoms with van der Waals surface area (Å²) in [4.78, 5) is 0. The summed E-state index contributed by atoms with van der Waals surface area (Å²) < 4.78 is 17.6. The number of ether oxygens (including phenoxy) is 3. The molecule has 0 aromatic rings. The van der Waals surface area contributed by atoms with Gasteiger partial charge in [-0.2, -0.15) is 0 Å². The van der Waals surface area contributed by atoms with Crippen LogP contribution in [0.15, 0.2) is 0 Å². The molecule has 1 saturated carbocycles. The molecule has 21 heavy (non-hydrogen) atoms. The fourth-order valence-electron chi connectivity index (χ4n) is 3.30. The molecule has 4 atom stereocenters. The molecule has 0 aromatic carbocycles. The van der Waals surface area contributed by atoms with Crippen LogP contribution in [0, 0.1) is 5.92 Å². The highest BCUT2D eigenvalue weighted by atomic mass is 16.5. The predicted octanol–water partition coefficient (Wildman–Crippen LogP) is 2.75. The first-order chi connectivity index (χ1) is 10.2. The molecule has 1 saturated heterocycles. The lowest BCUT2D eigenvalue weighted by molar-refractivity contribution is -0.0708. The van der Waals surface area contributed by atoms with E-state index in [-0.39, 0.29) is 0 Å². The fourth-order valence-corrected chi connectivity index (χ4v) is 3.30. The first-order valence-corrected chi connectivity index (χ1v) is 8.68. The molecular weight excluding hydrogens is 266 g/mol. The molecule has 2 aliphatic rings. The molecule has 4 heteroatoms. The molecule has 0 spiro atoms. The molecule has 2 fully saturated rings. The summed E-state index contributed by atoms with van der Waals surface area (Å²) in [6, 6.07) is 0. The minimum atomic E-state index is 0.291. The second-order valence-electron chi connectivity index (χ2n) is 6.99. The van der Waals surface area contributed by atoms with E-state index >= 15 is 0 Å². The van der Waals surface area contributed by atoms with Gasteiger partial charge in [0.05, 0.1) is 31.0 Å². The Morgan fingerprint density at radius 2 is 1.86 bits per heavy atom. The average Bonchev–Trinajstić information content (AvgIpc) is 2.93. The van der Waals surface area contributed by atoms with Gasteiger partial charge in [-0.3, -0.25) is 0 Å². The third-order valence-electron chi connectivity index (χ3n) is 4.55. The fraction of sp³-hybridized carbons (Fsp3) is 1.00. The SMILES string of the molecule is COC1CCCC(OCC2CCC(CNCC(C)C)O2)C1. The highest BCUT2D eigenvalue weighted by molar-refractivity contribution is 4.78. The summed E-state index contributed by atoms with van der Waals surface area (Å²) in [6.07, 6.45) is 8.32. The Bertz CT molecular complexity index is 285. The summed E-state index contributed by atoms with van der Waals surface area (Å²) >= 11 is 0. The molecule has 4 unspecified atom stereocenters. The first-order valence-electron chi connectivity index (χ1n) is 8.68. The Morgan fingerprint density at radius 3 is 2.62 bits per heavy atom. The second kappa shape index (κ2) is 9.09. The molecule has 1 aliphatic heterocycles. The second-order valence-corrected chi connectivity index (χ2v) is 6.99. The molecule has 2 rings (SSSR count). The Balaban J connectivity index is 1.57. The highest BCUT2D eigenvalue weighted by Crippen LogP contribution is 2.25. The predicted molar refractivity (Wildman–Crippen MR) is 84.6 cm³/mol. The van der Waals surface area contributed by atoms with Crippen LogP contribution in [-0.2, 0) is 14.2 Å². The lowest BCUT2D eigenvalue weighted by atomic mass is 9.95. The summed E-state index contributed by atoms with van der Waals surface area (Å²) in [5.41, 5.74) is 0. The van der Waals surface area contributed by atoms with Crippen molar-refractivity contribution in [3.05, 3.63) is 0 Å². The van der Waals surface area contributed by atoms with Crippen molar-refractivity contribution in [3.63, 3.8) is 0 Å². The maximum Gasteiger partial charge on any atom is 0.0814 e. The Hall–Kier alpha value is -0.160. The molecule has 0 radical (unpaired) electrons. The lowest BCUT2D eigenvalue weighted by Crippen LogP contribution is -2.32. The van der Waals surface area contributed by atoms with E-state index in [1.165, 1.54) is 19.3 Å². The number of nitrogens with one attached hydrogen (secondary N) is 1. The summed E-state index contributed by atoms with van der Waals surface area (Å²) in [7, 11) is 1.81. The van der Waals surface area contributed by atoms with Crippen molar-refractivity contribution in [1.82, 2.24) is 5.32 Å². The van der Waals surface area contributed by atoms with E-state index in [2.05, 4.69) is 19.2 Å². The van der Waals surface area contributed by atoms with E-state index in [0.29, 0.717) is 30.3 Å². The Labute approximate surface area is 129 Å². The number of hydrogen-bond acceptors (Lipinski definition) is 4. The molecule has 124 valence electrons. The largest absolute Gasteiger partial charge is 0.381 e. The zero-order valence-electron chi connectivity index (χ0n) is 14.0. The van der Waals surface area contributed by atoms with Gasteiger partial charge >= 0.3 is 0 Å². The van der Waals surface area contributed by atoms with Crippen LogP contribution in [0.3, 0.4) is 0 Å². The van der Waals surface area contributed by atoms with E-state index in [0.717, 1.165) is 39.0 Å². The van der Waals surface area contributed by atoms with Gasteiger partial charge in [-0.05, 0) is 51.0 Å². The topological polar surface area (TPSA) is 39.7 Å². The number of hydrogen-bond donors (Lipinski definition) is 1. The van der Waals surface area contributed by atoms with Gasteiger partial charge in [0, 0.05) is 13.7 Å². The van der Waals surface area contributed by atoms with Crippen LogP contribution in [0.1, 0.15) is 52.4 Å². The summed E-state index contributed by atoms with van der Waals surface area (Å²) in [5.74, 6) is 0.700. The van der Waals surface area contributed by atoms with Crippen molar-refractivity contribution in [2.75, 3.05) is 26.8 Å². The van der Waals surface area contributed by atoms with Gasteiger partial charge in [0.2, 0.25) is 0 Å². The third-order valence-corrected chi connectivity index (χ3v) is 4.55. The van der Waals surface area contributed by atoms with Crippen LogP contribution < -0.4 is 5.32 Å². The van der Waals surface area contributed by atoms with Gasteiger partial charge in [-0.25, -0.2) is 0 Å². The average molecular weight is 299 g/mol. The minimum absolute atomic E-state index is 0.291. The lowest BCUT2D eigenvalue weighted by Gasteiger charge is -2.29. The van der Waals surface area contributed by atoms with Crippen molar-refractivity contribution in [3.8, 4) is 0 Å². The molecule has 0 amide bonds. The van der Waals surface area contributed by atoms with E-state index in [9.17, 15) is 0 Å². The van der Waals surface area contributed by atoms with Gasteiger partial charge in [0.15, 0.2) is 0 Å². The summed E-state index contributed by atoms with van der Waals surface area (Å²) in [6.45, 7) is 7.26.